The molecule has 6 heterocycles. The number of rotatable bonds is 10. The summed E-state index contributed by atoms with van der Waals surface area (Å²) in [6, 6.07) is 14.3. The standard InChI is InChI=1S/C55H72N8O7/c1-11-47(64)61-24-20-38(31-61)52(66)60(9)49(33(3)4)51(65)57-45-26-35-15-13-16-36(25-35)37-18-19-46-40(27-37)42(29-55(6,7)32-70-54(68)44-17-14-22-63(58-44)53(45)67)50(62(46)12-2)41-28-39-30-59(8)23-21-43(39)56-48(41)34(5)69-10/h11,13,15-16,18-19,25,27-28,33-34,38,44-45,49,58H,1,12,14,17,20-24,26,29-32H2,2-10H3,(H,57,65)/t34-,38-,44-,45-,49-/m0/s1. The van der Waals surface area contributed by atoms with Crippen LogP contribution in [0.5, 0.6) is 0 Å². The lowest BCUT2D eigenvalue weighted by Gasteiger charge is -2.37. The Kier molecular flexibility index (Phi) is 15.0. The molecule has 15 heteroatoms. The molecule has 4 aromatic rings. The number of pyridine rings is 1. The second kappa shape index (κ2) is 20.8. The van der Waals surface area contributed by atoms with Crippen LogP contribution in [0, 0.1) is 17.3 Å². The minimum Gasteiger partial charge on any atom is -0.464 e. The van der Waals surface area contributed by atoms with Crippen LogP contribution in [0.2, 0.25) is 0 Å². The number of nitrogens with one attached hydrogen (secondary N) is 2. The van der Waals surface area contributed by atoms with Crippen molar-refractivity contribution < 1.29 is 33.4 Å². The highest BCUT2D eigenvalue weighted by molar-refractivity contribution is 5.96. The van der Waals surface area contributed by atoms with E-state index in [9.17, 15) is 24.0 Å². The average molecular weight is 957 g/mol. The molecule has 2 fully saturated rings. The van der Waals surface area contributed by atoms with E-state index in [1.165, 1.54) is 21.5 Å². The van der Waals surface area contributed by atoms with E-state index in [1.807, 2.05) is 26.0 Å². The van der Waals surface area contributed by atoms with Crippen LogP contribution in [-0.4, -0.2) is 131 Å². The number of hydrogen-bond acceptors (Lipinski definition) is 10. The number of cyclic esters (lactones) is 1. The molecule has 374 valence electrons. The molecule has 4 amide bonds. The second-order valence-corrected chi connectivity index (χ2v) is 21.0. The number of carbonyl (C=O) groups is 5. The van der Waals surface area contributed by atoms with Gasteiger partial charge in [0.25, 0.3) is 5.91 Å². The molecular formula is C55H72N8O7. The van der Waals surface area contributed by atoms with Gasteiger partial charge in [-0.05, 0) is 105 Å². The van der Waals surface area contributed by atoms with Gasteiger partial charge in [-0.15, -0.1) is 0 Å². The quantitative estimate of drug-likeness (QED) is 0.138. The van der Waals surface area contributed by atoms with E-state index < -0.39 is 47.2 Å². The van der Waals surface area contributed by atoms with Gasteiger partial charge in [0, 0.05) is 93.8 Å². The number of methoxy groups -OCH3 is 1. The minimum absolute atomic E-state index is 0.136. The second-order valence-electron chi connectivity index (χ2n) is 21.0. The Morgan fingerprint density at radius 1 is 1.06 bits per heavy atom. The summed E-state index contributed by atoms with van der Waals surface area (Å²) in [7, 11) is 5.49. The highest BCUT2D eigenvalue weighted by atomic mass is 16.5. The molecule has 8 rings (SSSR count). The fourth-order valence-corrected chi connectivity index (χ4v) is 11.1. The molecule has 4 aliphatic rings. The van der Waals surface area contributed by atoms with Crippen LogP contribution in [0.1, 0.15) is 95.0 Å². The number of fused-ring (bicyclic) bond motifs is 7. The van der Waals surface area contributed by atoms with Crippen LogP contribution >= 0.6 is 0 Å². The van der Waals surface area contributed by atoms with Crippen LogP contribution in [0.3, 0.4) is 0 Å². The van der Waals surface area contributed by atoms with E-state index in [2.05, 4.69) is 97.9 Å². The van der Waals surface area contributed by atoms with Gasteiger partial charge in [0.1, 0.15) is 18.1 Å². The molecule has 0 radical (unpaired) electrons. The topological polar surface area (TPSA) is 159 Å². The largest absolute Gasteiger partial charge is 0.464 e. The number of nitrogens with zero attached hydrogens (tertiary/aromatic N) is 6. The predicted octanol–water partition coefficient (Wildman–Crippen LogP) is 6.25. The van der Waals surface area contributed by atoms with Gasteiger partial charge in [-0.25, -0.2) is 5.43 Å². The van der Waals surface area contributed by atoms with Gasteiger partial charge in [0.15, 0.2) is 0 Å². The van der Waals surface area contributed by atoms with E-state index in [1.54, 1.807) is 19.1 Å². The van der Waals surface area contributed by atoms with E-state index in [0.29, 0.717) is 45.3 Å². The number of amides is 4. The first-order chi connectivity index (χ1) is 33.4. The molecule has 0 spiro atoms. The lowest BCUT2D eigenvalue weighted by molar-refractivity contribution is -0.155. The lowest BCUT2D eigenvalue weighted by Crippen LogP contribution is -2.62. The fourth-order valence-electron chi connectivity index (χ4n) is 11.1. The van der Waals surface area contributed by atoms with Crippen molar-refractivity contribution in [3.8, 4) is 22.4 Å². The van der Waals surface area contributed by atoms with Gasteiger partial charge in [0.2, 0.25) is 17.7 Å². The van der Waals surface area contributed by atoms with Crippen LogP contribution in [-0.2, 0) is 65.8 Å². The number of hydrazine groups is 1. The summed E-state index contributed by atoms with van der Waals surface area (Å²) in [5, 5.41) is 5.62. The molecule has 2 aromatic carbocycles. The Morgan fingerprint density at radius 3 is 2.56 bits per heavy atom. The third-order valence-corrected chi connectivity index (χ3v) is 14.9. The number of aromatic nitrogens is 2. The van der Waals surface area contributed by atoms with Crippen molar-refractivity contribution in [1.82, 2.24) is 40.0 Å². The summed E-state index contributed by atoms with van der Waals surface area (Å²) in [4.78, 5) is 80.5. The van der Waals surface area contributed by atoms with Crippen molar-refractivity contribution in [3.63, 3.8) is 0 Å². The molecule has 15 nitrogen and oxygen atoms in total. The Morgan fingerprint density at radius 2 is 1.83 bits per heavy atom. The van der Waals surface area contributed by atoms with Crippen LogP contribution < -0.4 is 10.7 Å². The summed E-state index contributed by atoms with van der Waals surface area (Å²) >= 11 is 0. The molecule has 0 aliphatic carbocycles. The lowest BCUT2D eigenvalue weighted by atomic mass is 9.83. The Bertz CT molecular complexity index is 2670. The third-order valence-electron chi connectivity index (χ3n) is 14.9. The number of benzene rings is 2. The van der Waals surface area contributed by atoms with Crippen LogP contribution in [0.4, 0.5) is 0 Å². The van der Waals surface area contributed by atoms with E-state index in [4.69, 9.17) is 14.5 Å². The van der Waals surface area contributed by atoms with Gasteiger partial charge in [0.05, 0.1) is 30.0 Å². The zero-order valence-corrected chi connectivity index (χ0v) is 42.6. The van der Waals surface area contributed by atoms with Crippen LogP contribution in [0.25, 0.3) is 33.3 Å². The molecule has 0 saturated carbocycles. The Labute approximate surface area is 412 Å². The molecule has 2 N–H and O–H groups in total. The summed E-state index contributed by atoms with van der Waals surface area (Å²) in [6.07, 6.45) is 4.09. The zero-order chi connectivity index (χ0) is 50.2. The highest BCUT2D eigenvalue weighted by Crippen LogP contribution is 2.43. The number of ether oxygens (including phenoxy) is 2. The van der Waals surface area contributed by atoms with Gasteiger partial charge in [-0.1, -0.05) is 64.6 Å². The fraction of sp³-hybridized carbons (Fsp3) is 0.527. The van der Waals surface area contributed by atoms with Crippen molar-refractivity contribution >= 4 is 40.5 Å². The number of esters is 1. The maximum atomic E-state index is 14.8. The van der Waals surface area contributed by atoms with Gasteiger partial charge in [-0.3, -0.25) is 34.0 Å². The predicted molar refractivity (Wildman–Crippen MR) is 270 cm³/mol. The van der Waals surface area contributed by atoms with Crippen LogP contribution in [0.15, 0.2) is 61.2 Å². The molecule has 0 unspecified atom stereocenters. The van der Waals surface area contributed by atoms with E-state index in [0.717, 1.165) is 75.3 Å². The SMILES string of the molecule is C=CC(=O)N1CC[C@H](C(=O)N(C)[C@H](C(=O)N[C@H]2Cc3cccc(c3)-c3ccc4c(c3)c(c(-c3cc5c(nc3[C@H](C)OC)CCN(C)C5)n4CC)CC(C)(C)COC(=O)[C@@H]3CCCN(N3)C2=O)C(C)C)C1. The number of carbonyl (C=O) groups excluding carboxylic acids is 5. The maximum absolute atomic E-state index is 14.8. The first-order valence-electron chi connectivity index (χ1n) is 25.1. The molecular weight excluding hydrogens is 885 g/mol. The molecule has 2 saturated heterocycles. The average Bonchev–Trinajstić information content (AvgIpc) is 3.96. The first kappa shape index (κ1) is 50.5. The zero-order valence-electron chi connectivity index (χ0n) is 42.6. The number of hydrogen-bond donors (Lipinski definition) is 2. The third kappa shape index (κ3) is 10.3. The highest BCUT2D eigenvalue weighted by Gasteiger charge is 2.40. The van der Waals surface area contributed by atoms with Crippen molar-refractivity contribution in [1.29, 1.82) is 0 Å². The van der Waals surface area contributed by atoms with Crippen molar-refractivity contribution in [2.24, 2.45) is 17.3 Å². The molecule has 70 heavy (non-hydrogen) atoms. The van der Waals surface area contributed by atoms with Gasteiger partial charge < -0.3 is 34.1 Å². The maximum Gasteiger partial charge on any atom is 0.324 e. The minimum atomic E-state index is -1.05. The first-order valence-corrected chi connectivity index (χ1v) is 25.1. The van der Waals surface area contributed by atoms with Gasteiger partial charge in [-0.2, -0.15) is 0 Å². The summed E-state index contributed by atoms with van der Waals surface area (Å²) in [5.41, 5.74) is 13.0. The number of likely N-dealkylation sites (N-methyl/N-ethyl adjacent to an activating group) is 2. The summed E-state index contributed by atoms with van der Waals surface area (Å²) in [5.74, 6) is -2.55. The van der Waals surface area contributed by atoms with Crippen molar-refractivity contribution in [2.45, 2.75) is 117 Å². The van der Waals surface area contributed by atoms with E-state index >= 15 is 0 Å². The monoisotopic (exact) mass is 957 g/mol. The smallest absolute Gasteiger partial charge is 0.324 e. The van der Waals surface area contributed by atoms with E-state index in [-0.39, 0.29) is 43.4 Å². The normalized spacial score (nSPS) is 21.7. The van der Waals surface area contributed by atoms with Gasteiger partial charge >= 0.3 is 5.97 Å². The molecule has 6 bridgehead atoms. The Hall–Kier alpha value is -5.90. The summed E-state index contributed by atoms with van der Waals surface area (Å²) in [6.45, 7) is 19.4. The molecule has 2 aromatic heterocycles. The molecule has 4 aliphatic heterocycles. The Balaban J connectivity index is 1.21. The number of likely N-dealkylation sites (tertiary alicyclic amines) is 1. The van der Waals surface area contributed by atoms with Crippen molar-refractivity contribution in [3.05, 3.63) is 89.3 Å². The molecule has 5 atom stereocenters. The van der Waals surface area contributed by atoms with Crippen molar-refractivity contribution in [2.75, 3.05) is 54.0 Å². The summed E-state index contributed by atoms with van der Waals surface area (Å²) < 4.78 is 14.6. The number of aryl methyl sites for hydroxylation is 1.